The Morgan fingerprint density at radius 2 is 1.31 bits per heavy atom. The fourth-order valence-electron chi connectivity index (χ4n) is 1.28. The predicted octanol–water partition coefficient (Wildman–Crippen LogP) is -3.76. The zero-order valence-corrected chi connectivity index (χ0v) is 7.98. The number of carbonyl (C=O) groups excluding carboxylic acids is 1. The number of hydrogen-bond donors (Lipinski definition) is 6. The normalized spacial score (nSPS) is 37.8. The zero-order valence-electron chi connectivity index (χ0n) is 7.98. The van der Waals surface area contributed by atoms with Gasteiger partial charge in [-0.05, 0) is 0 Å². The first-order chi connectivity index (χ1) is 7.31. The van der Waals surface area contributed by atoms with Gasteiger partial charge in [0.2, 0.25) is 0 Å². The molecule has 0 unspecified atom stereocenters. The van der Waals surface area contributed by atoms with Crippen molar-refractivity contribution in [2.24, 2.45) is 0 Å². The Kier molecular flexibility index (Phi) is 3.38. The van der Waals surface area contributed by atoms with Crippen LogP contribution in [-0.4, -0.2) is 73.8 Å². The number of carbonyl (C=O) groups is 1. The molecule has 0 amide bonds. The van der Waals surface area contributed by atoms with Crippen molar-refractivity contribution in [1.29, 1.82) is 0 Å². The minimum absolute atomic E-state index is 1.08. The van der Waals surface area contributed by atoms with Gasteiger partial charge in [0.1, 0.15) is 12.2 Å². The number of ether oxygens (including phenoxy) is 2. The summed E-state index contributed by atoms with van der Waals surface area (Å²) in [6, 6.07) is 0. The van der Waals surface area contributed by atoms with Crippen molar-refractivity contribution in [3.63, 3.8) is 0 Å². The molecule has 0 spiro atoms. The Morgan fingerprint density at radius 3 is 1.56 bits per heavy atom. The van der Waals surface area contributed by atoms with Crippen LogP contribution in [0.5, 0.6) is 0 Å². The molecule has 0 aliphatic carbocycles. The van der Waals surface area contributed by atoms with Crippen molar-refractivity contribution in [2.45, 2.75) is 23.8 Å². The third-order valence-corrected chi connectivity index (χ3v) is 2.24. The molecular weight excluding hydrogens is 228 g/mol. The van der Waals surface area contributed by atoms with Crippen LogP contribution in [0.3, 0.4) is 0 Å². The van der Waals surface area contributed by atoms with Crippen LogP contribution in [0.1, 0.15) is 0 Å². The topological polar surface area (TPSA) is 157 Å². The lowest BCUT2D eigenvalue weighted by atomic mass is 9.95. The molecule has 0 saturated carbocycles. The molecule has 0 aromatic rings. The average Bonchev–Trinajstić information content (AvgIpc) is 2.49. The highest BCUT2D eigenvalue weighted by Crippen LogP contribution is 2.38. The average molecular weight is 240 g/mol. The molecule has 94 valence electrons. The van der Waals surface area contributed by atoms with Crippen molar-refractivity contribution in [3.8, 4) is 0 Å². The Labute approximate surface area is 89.1 Å². The van der Waals surface area contributed by atoms with Crippen LogP contribution >= 0.6 is 0 Å². The first kappa shape index (κ1) is 13.1. The second kappa shape index (κ2) is 4.13. The zero-order chi connectivity index (χ0) is 12.6. The largest absolute Gasteiger partial charge is 0.514 e. The molecule has 0 aromatic carbocycles. The maximum atomic E-state index is 10.8. The molecule has 0 radical (unpaired) electrons. The van der Waals surface area contributed by atoms with Gasteiger partial charge >= 0.3 is 17.7 Å². The molecule has 9 heteroatoms. The first-order valence-electron chi connectivity index (χ1n) is 4.26. The molecule has 1 rings (SSSR count). The smallest absolute Gasteiger partial charge is 0.393 e. The highest BCUT2D eigenvalue weighted by atomic mass is 16.9. The first-order valence-corrected chi connectivity index (χ1v) is 4.26. The molecule has 1 fully saturated rings. The third kappa shape index (κ3) is 1.63. The standard InChI is InChI=1S/C7H12O9/c8-1-3(10)6(13)7(14,4(11)2-9)16-5(12)15-6/h3-4,8-11,13-14H,1-2H2/t3-,4+,6-,7-/m1/s1. The third-order valence-electron chi connectivity index (χ3n) is 2.24. The van der Waals surface area contributed by atoms with Crippen molar-refractivity contribution in [3.05, 3.63) is 0 Å². The van der Waals surface area contributed by atoms with Gasteiger partial charge in [-0.3, -0.25) is 0 Å². The van der Waals surface area contributed by atoms with E-state index in [9.17, 15) is 25.2 Å². The molecule has 0 aromatic heterocycles. The van der Waals surface area contributed by atoms with Gasteiger partial charge in [0.05, 0.1) is 13.2 Å². The van der Waals surface area contributed by atoms with Gasteiger partial charge < -0.3 is 40.1 Å². The van der Waals surface area contributed by atoms with Gasteiger partial charge in [0, 0.05) is 0 Å². The minimum Gasteiger partial charge on any atom is -0.393 e. The van der Waals surface area contributed by atoms with E-state index in [0.717, 1.165) is 0 Å². The Balaban J connectivity index is 3.10. The van der Waals surface area contributed by atoms with Crippen LogP contribution < -0.4 is 0 Å². The maximum absolute atomic E-state index is 10.8. The van der Waals surface area contributed by atoms with Crippen molar-refractivity contribution < 1.29 is 44.9 Å². The van der Waals surface area contributed by atoms with Crippen LogP contribution in [0.2, 0.25) is 0 Å². The summed E-state index contributed by atoms with van der Waals surface area (Å²) >= 11 is 0. The van der Waals surface area contributed by atoms with Gasteiger partial charge in [-0.1, -0.05) is 0 Å². The predicted molar refractivity (Wildman–Crippen MR) is 43.7 cm³/mol. The summed E-state index contributed by atoms with van der Waals surface area (Å²) in [5.41, 5.74) is 0. The molecular formula is C7H12O9. The Hall–Kier alpha value is -0.970. The molecule has 16 heavy (non-hydrogen) atoms. The van der Waals surface area contributed by atoms with E-state index in [2.05, 4.69) is 9.47 Å². The van der Waals surface area contributed by atoms with Gasteiger partial charge in [-0.15, -0.1) is 0 Å². The van der Waals surface area contributed by atoms with Crippen LogP contribution in [0.15, 0.2) is 0 Å². The molecule has 1 saturated heterocycles. The van der Waals surface area contributed by atoms with Crippen molar-refractivity contribution in [2.75, 3.05) is 13.2 Å². The second-order valence-electron chi connectivity index (χ2n) is 3.24. The van der Waals surface area contributed by atoms with Gasteiger partial charge in [0.15, 0.2) is 0 Å². The Morgan fingerprint density at radius 1 is 1.00 bits per heavy atom. The molecule has 4 atom stereocenters. The van der Waals surface area contributed by atoms with E-state index in [1.807, 2.05) is 0 Å². The fourth-order valence-corrected chi connectivity index (χ4v) is 1.28. The summed E-state index contributed by atoms with van der Waals surface area (Å²) in [6.07, 6.45) is -5.81. The summed E-state index contributed by atoms with van der Waals surface area (Å²) < 4.78 is 8.21. The monoisotopic (exact) mass is 240 g/mol. The van der Waals surface area contributed by atoms with E-state index < -0.39 is 43.2 Å². The van der Waals surface area contributed by atoms with Crippen LogP contribution in [0, 0.1) is 0 Å². The molecule has 9 nitrogen and oxygen atoms in total. The minimum atomic E-state index is -3.07. The number of cyclic esters (lactones) is 2. The number of hydrogen-bond acceptors (Lipinski definition) is 9. The second-order valence-corrected chi connectivity index (χ2v) is 3.24. The lowest BCUT2D eigenvalue weighted by Gasteiger charge is -2.36. The molecule has 1 aliphatic rings. The fraction of sp³-hybridized carbons (Fsp3) is 0.857. The summed E-state index contributed by atoms with van der Waals surface area (Å²) in [5, 5.41) is 55.0. The van der Waals surface area contributed by atoms with E-state index >= 15 is 0 Å². The van der Waals surface area contributed by atoms with Crippen LogP contribution in [-0.2, 0) is 9.47 Å². The molecule has 6 N–H and O–H groups in total. The number of aliphatic hydroxyl groups excluding tert-OH is 4. The van der Waals surface area contributed by atoms with Crippen LogP contribution in [0.25, 0.3) is 0 Å². The van der Waals surface area contributed by atoms with Gasteiger partial charge in [-0.2, -0.15) is 0 Å². The SMILES string of the molecule is O=C1O[C@](O)([C@H](O)CO)[C@@](O)([C@@H](O)CO)O1. The molecule has 1 aliphatic heterocycles. The number of rotatable bonds is 4. The Bertz CT molecular complexity index is 255. The van der Waals surface area contributed by atoms with E-state index in [-0.39, 0.29) is 0 Å². The molecule has 1 heterocycles. The summed E-state index contributed by atoms with van der Waals surface area (Å²) in [7, 11) is 0. The highest BCUT2D eigenvalue weighted by Gasteiger charge is 2.69. The van der Waals surface area contributed by atoms with Crippen LogP contribution in [0.4, 0.5) is 4.79 Å². The quantitative estimate of drug-likeness (QED) is 0.271. The van der Waals surface area contributed by atoms with Gasteiger partial charge in [0.25, 0.3) is 0 Å². The maximum Gasteiger partial charge on any atom is 0.514 e. The molecule has 0 bridgehead atoms. The van der Waals surface area contributed by atoms with Crippen molar-refractivity contribution >= 4 is 6.16 Å². The van der Waals surface area contributed by atoms with Gasteiger partial charge in [-0.25, -0.2) is 4.79 Å². The van der Waals surface area contributed by atoms with E-state index in [0.29, 0.717) is 0 Å². The van der Waals surface area contributed by atoms with Crippen molar-refractivity contribution in [1.82, 2.24) is 0 Å². The summed E-state index contributed by atoms with van der Waals surface area (Å²) in [5.74, 6) is -6.14. The summed E-state index contributed by atoms with van der Waals surface area (Å²) in [6.45, 7) is -2.15. The lowest BCUT2D eigenvalue weighted by molar-refractivity contribution is -0.359. The van der Waals surface area contributed by atoms with E-state index in [4.69, 9.17) is 10.2 Å². The lowest BCUT2D eigenvalue weighted by Crippen LogP contribution is -2.66. The van der Waals surface area contributed by atoms with E-state index in [1.54, 1.807) is 0 Å². The number of aliphatic hydroxyl groups is 6. The highest BCUT2D eigenvalue weighted by molar-refractivity contribution is 5.64. The summed E-state index contributed by atoms with van der Waals surface area (Å²) in [4.78, 5) is 10.8. The van der Waals surface area contributed by atoms with E-state index in [1.165, 1.54) is 0 Å².